The number of hydrogen-bond donors (Lipinski definition) is 0. The first-order chi connectivity index (χ1) is 5.77. The molecule has 0 fully saturated rings. The lowest BCUT2D eigenvalue weighted by atomic mass is 10.1. The maximum absolute atomic E-state index is 2.29. The summed E-state index contributed by atoms with van der Waals surface area (Å²) >= 11 is 0. The van der Waals surface area contributed by atoms with Gasteiger partial charge in [-0.25, -0.2) is 0 Å². The summed E-state index contributed by atoms with van der Waals surface area (Å²) in [5.74, 6) is 0.834. The van der Waals surface area contributed by atoms with Gasteiger partial charge >= 0.3 is 0 Å². The first kappa shape index (κ1) is 11.5. The Kier molecular flexibility index (Phi) is 8.20. The van der Waals surface area contributed by atoms with E-state index < -0.39 is 0 Å². The van der Waals surface area contributed by atoms with Crippen LogP contribution in [-0.2, 0) is 0 Å². The molecule has 0 heteroatoms. The molecule has 0 aliphatic rings. The van der Waals surface area contributed by atoms with Crippen LogP contribution in [0.15, 0.2) is 24.3 Å². The van der Waals surface area contributed by atoms with Crippen LogP contribution in [0, 0.1) is 5.92 Å². The van der Waals surface area contributed by atoms with Gasteiger partial charge in [0, 0.05) is 0 Å². The molecule has 0 amide bonds. The second-order valence-electron chi connectivity index (χ2n) is 3.56. The monoisotopic (exact) mass is 166 g/mol. The van der Waals surface area contributed by atoms with E-state index in [0.29, 0.717) is 0 Å². The Balaban J connectivity index is 3.20. The second-order valence-corrected chi connectivity index (χ2v) is 3.56. The summed E-state index contributed by atoms with van der Waals surface area (Å²) in [6.07, 6.45) is 13.8. The van der Waals surface area contributed by atoms with Crippen LogP contribution in [0.2, 0.25) is 0 Å². The molecule has 0 saturated heterocycles. The lowest BCUT2D eigenvalue weighted by Crippen LogP contribution is -1.83. The largest absolute Gasteiger partial charge is 0.0885 e. The molecule has 0 N–H and O–H groups in total. The average molecular weight is 166 g/mol. The van der Waals surface area contributed by atoms with Gasteiger partial charge in [0.2, 0.25) is 0 Å². The molecule has 12 heavy (non-hydrogen) atoms. The third-order valence-corrected chi connectivity index (χ3v) is 1.75. The fraction of sp³-hybridized carbons (Fsp3) is 0.667. The molecule has 0 radical (unpaired) electrons. The van der Waals surface area contributed by atoms with Crippen molar-refractivity contribution >= 4 is 0 Å². The Morgan fingerprint density at radius 3 is 2.25 bits per heavy atom. The number of hydrogen-bond acceptors (Lipinski definition) is 0. The van der Waals surface area contributed by atoms with Crippen LogP contribution in [0.5, 0.6) is 0 Å². The molecule has 0 heterocycles. The van der Waals surface area contributed by atoms with E-state index in [9.17, 15) is 0 Å². The van der Waals surface area contributed by atoms with Crippen molar-refractivity contribution in [2.75, 3.05) is 0 Å². The molecule has 0 aromatic heterocycles. The van der Waals surface area contributed by atoms with Crippen LogP contribution in [0.3, 0.4) is 0 Å². The normalized spacial score (nSPS) is 12.3. The molecule has 0 aliphatic heterocycles. The summed E-state index contributed by atoms with van der Waals surface area (Å²) in [5, 5.41) is 0. The van der Waals surface area contributed by atoms with E-state index in [4.69, 9.17) is 0 Å². The quantitative estimate of drug-likeness (QED) is 0.515. The Morgan fingerprint density at radius 1 is 1.00 bits per heavy atom. The minimum atomic E-state index is 0.834. The molecule has 0 nitrogen and oxygen atoms in total. The maximum Gasteiger partial charge on any atom is -0.0169 e. The first-order valence-corrected chi connectivity index (χ1v) is 5.07. The standard InChI is InChI=1S/C12H22/c1-4-5-6-7-8-9-10-11-12(2)3/h5-6,8-9,12H,4,7,10-11H2,1-3H3/b6-5-,9-8-. The van der Waals surface area contributed by atoms with Crippen LogP contribution >= 0.6 is 0 Å². The third kappa shape index (κ3) is 9.48. The van der Waals surface area contributed by atoms with Gasteiger partial charge < -0.3 is 0 Å². The van der Waals surface area contributed by atoms with Crippen molar-refractivity contribution in [2.24, 2.45) is 5.92 Å². The van der Waals surface area contributed by atoms with Crippen LogP contribution in [0.1, 0.15) is 46.5 Å². The van der Waals surface area contributed by atoms with Gasteiger partial charge in [0.1, 0.15) is 0 Å². The van der Waals surface area contributed by atoms with Gasteiger partial charge in [-0.15, -0.1) is 0 Å². The van der Waals surface area contributed by atoms with E-state index in [2.05, 4.69) is 45.1 Å². The topological polar surface area (TPSA) is 0 Å². The zero-order chi connectivity index (χ0) is 9.23. The van der Waals surface area contributed by atoms with E-state index >= 15 is 0 Å². The first-order valence-electron chi connectivity index (χ1n) is 5.07. The van der Waals surface area contributed by atoms with Crippen molar-refractivity contribution in [3.63, 3.8) is 0 Å². The summed E-state index contributed by atoms with van der Waals surface area (Å²) in [6, 6.07) is 0. The van der Waals surface area contributed by atoms with Crippen molar-refractivity contribution in [3.05, 3.63) is 24.3 Å². The van der Waals surface area contributed by atoms with Gasteiger partial charge in [-0.05, 0) is 31.6 Å². The smallest absolute Gasteiger partial charge is 0.0169 e. The van der Waals surface area contributed by atoms with Crippen molar-refractivity contribution in [2.45, 2.75) is 46.5 Å². The molecule has 0 rings (SSSR count). The van der Waals surface area contributed by atoms with Crippen LogP contribution in [-0.4, -0.2) is 0 Å². The predicted molar refractivity (Wildman–Crippen MR) is 57.3 cm³/mol. The minimum absolute atomic E-state index is 0.834. The van der Waals surface area contributed by atoms with Crippen molar-refractivity contribution in [1.82, 2.24) is 0 Å². The van der Waals surface area contributed by atoms with Crippen molar-refractivity contribution < 1.29 is 0 Å². The van der Waals surface area contributed by atoms with E-state index in [0.717, 1.165) is 18.8 Å². The van der Waals surface area contributed by atoms with Crippen LogP contribution in [0.25, 0.3) is 0 Å². The van der Waals surface area contributed by atoms with Crippen molar-refractivity contribution in [3.8, 4) is 0 Å². The average Bonchev–Trinajstić information content (AvgIpc) is 2.02. The lowest BCUT2D eigenvalue weighted by Gasteiger charge is -1.98. The van der Waals surface area contributed by atoms with Gasteiger partial charge in [-0.3, -0.25) is 0 Å². The zero-order valence-electron chi connectivity index (χ0n) is 8.72. The molecule has 0 bridgehead atoms. The molecule has 0 aromatic rings. The summed E-state index contributed by atoms with van der Waals surface area (Å²) < 4.78 is 0. The van der Waals surface area contributed by atoms with Gasteiger partial charge in [-0.2, -0.15) is 0 Å². The molecule has 70 valence electrons. The Morgan fingerprint density at radius 2 is 1.67 bits per heavy atom. The Labute approximate surface area is 77.4 Å². The highest BCUT2D eigenvalue weighted by molar-refractivity contribution is 4.92. The van der Waals surface area contributed by atoms with Gasteiger partial charge in [0.25, 0.3) is 0 Å². The van der Waals surface area contributed by atoms with E-state index in [-0.39, 0.29) is 0 Å². The maximum atomic E-state index is 2.29. The molecule has 0 spiro atoms. The fourth-order valence-electron chi connectivity index (χ4n) is 0.985. The second kappa shape index (κ2) is 8.58. The predicted octanol–water partition coefficient (Wildman–Crippen LogP) is 4.34. The highest BCUT2D eigenvalue weighted by Crippen LogP contribution is 2.04. The van der Waals surface area contributed by atoms with E-state index in [1.54, 1.807) is 0 Å². The number of rotatable bonds is 6. The summed E-state index contributed by atoms with van der Waals surface area (Å²) in [5.41, 5.74) is 0. The Hall–Kier alpha value is -0.520. The molecular weight excluding hydrogens is 144 g/mol. The minimum Gasteiger partial charge on any atom is -0.0885 e. The van der Waals surface area contributed by atoms with E-state index in [1.807, 2.05) is 0 Å². The van der Waals surface area contributed by atoms with Gasteiger partial charge in [-0.1, -0.05) is 45.1 Å². The van der Waals surface area contributed by atoms with Gasteiger partial charge in [0.05, 0.1) is 0 Å². The third-order valence-electron chi connectivity index (χ3n) is 1.75. The van der Waals surface area contributed by atoms with Crippen LogP contribution in [0.4, 0.5) is 0 Å². The summed E-state index contributed by atoms with van der Waals surface area (Å²) in [4.78, 5) is 0. The van der Waals surface area contributed by atoms with Crippen molar-refractivity contribution in [1.29, 1.82) is 0 Å². The molecular formula is C12H22. The molecule has 0 atom stereocenters. The SMILES string of the molecule is CC/C=C\C/C=C\CCC(C)C. The highest BCUT2D eigenvalue weighted by Gasteiger charge is 1.88. The summed E-state index contributed by atoms with van der Waals surface area (Å²) in [6.45, 7) is 6.70. The molecule has 0 unspecified atom stereocenters. The zero-order valence-corrected chi connectivity index (χ0v) is 8.72. The lowest BCUT2D eigenvalue weighted by molar-refractivity contribution is 0.594. The highest BCUT2D eigenvalue weighted by atomic mass is 13.9. The summed E-state index contributed by atoms with van der Waals surface area (Å²) in [7, 11) is 0. The molecule has 0 saturated carbocycles. The Bertz CT molecular complexity index is 129. The van der Waals surface area contributed by atoms with Crippen LogP contribution < -0.4 is 0 Å². The molecule has 0 aliphatic carbocycles. The van der Waals surface area contributed by atoms with E-state index in [1.165, 1.54) is 12.8 Å². The number of allylic oxidation sites excluding steroid dienone is 4. The molecule has 0 aromatic carbocycles. The van der Waals surface area contributed by atoms with Gasteiger partial charge in [0.15, 0.2) is 0 Å². The fourth-order valence-corrected chi connectivity index (χ4v) is 0.985.